The van der Waals surface area contributed by atoms with Crippen LogP contribution in [0.3, 0.4) is 0 Å². The van der Waals surface area contributed by atoms with Crippen molar-refractivity contribution >= 4 is 16.8 Å². The van der Waals surface area contributed by atoms with Gasteiger partial charge in [0.15, 0.2) is 0 Å². The van der Waals surface area contributed by atoms with Crippen LogP contribution < -0.4 is 5.32 Å². The van der Waals surface area contributed by atoms with E-state index in [4.69, 9.17) is 0 Å². The number of hydrogen-bond acceptors (Lipinski definition) is 2. The van der Waals surface area contributed by atoms with E-state index < -0.39 is 12.8 Å². The highest BCUT2D eigenvalue weighted by Gasteiger charge is 2.27. The first-order valence-corrected chi connectivity index (χ1v) is 7.42. The Kier molecular flexibility index (Phi) is 6.04. The third-order valence-corrected chi connectivity index (χ3v) is 3.35. The Morgan fingerprint density at radius 1 is 1.26 bits per heavy atom. The predicted molar refractivity (Wildman–Crippen MR) is 81.1 cm³/mol. The molecule has 4 nitrogen and oxygen atoms in total. The standard InChI is InChI=1S/C16H19F3N2O2/c17-16(18,19)11-23-9-3-8-20-15(22)7-6-12-10-21-14-5-2-1-4-13(12)14/h1-2,4-5,10,21H,3,6-9,11H2,(H,20,22). The quantitative estimate of drug-likeness (QED) is 0.731. The molecule has 0 saturated carbocycles. The number of para-hydroxylation sites is 1. The summed E-state index contributed by atoms with van der Waals surface area (Å²) < 4.78 is 40.0. The van der Waals surface area contributed by atoms with E-state index in [1.807, 2.05) is 30.5 Å². The number of carbonyl (C=O) groups is 1. The first-order valence-electron chi connectivity index (χ1n) is 7.42. The minimum absolute atomic E-state index is 0.0256. The minimum Gasteiger partial charge on any atom is -0.372 e. The molecule has 0 radical (unpaired) electrons. The Morgan fingerprint density at radius 3 is 2.83 bits per heavy atom. The molecule has 23 heavy (non-hydrogen) atoms. The highest BCUT2D eigenvalue weighted by molar-refractivity contribution is 5.84. The van der Waals surface area contributed by atoms with Gasteiger partial charge in [-0.2, -0.15) is 13.2 Å². The van der Waals surface area contributed by atoms with Crippen molar-refractivity contribution in [1.29, 1.82) is 0 Å². The van der Waals surface area contributed by atoms with Crippen LogP contribution >= 0.6 is 0 Å². The summed E-state index contributed by atoms with van der Waals surface area (Å²) in [5, 5.41) is 3.78. The second-order valence-electron chi connectivity index (χ2n) is 5.23. The summed E-state index contributed by atoms with van der Waals surface area (Å²) in [5.41, 5.74) is 2.11. The predicted octanol–water partition coefficient (Wildman–Crippen LogP) is 3.19. The molecule has 1 heterocycles. The molecule has 1 amide bonds. The number of aromatic nitrogens is 1. The topological polar surface area (TPSA) is 54.1 Å². The van der Waals surface area contributed by atoms with Gasteiger partial charge in [0.25, 0.3) is 0 Å². The molecule has 2 rings (SSSR count). The minimum atomic E-state index is -4.30. The summed E-state index contributed by atoms with van der Waals surface area (Å²) >= 11 is 0. The first kappa shape index (κ1) is 17.3. The van der Waals surface area contributed by atoms with Gasteiger partial charge in [0, 0.05) is 36.7 Å². The molecule has 2 aromatic rings. The molecule has 0 saturated heterocycles. The van der Waals surface area contributed by atoms with E-state index in [-0.39, 0.29) is 12.5 Å². The average molecular weight is 328 g/mol. The Balaban J connectivity index is 1.62. The van der Waals surface area contributed by atoms with Gasteiger partial charge in [-0.15, -0.1) is 0 Å². The van der Waals surface area contributed by atoms with Crippen LogP contribution in [0.4, 0.5) is 13.2 Å². The number of H-pyrrole nitrogens is 1. The monoisotopic (exact) mass is 328 g/mol. The molecule has 126 valence electrons. The van der Waals surface area contributed by atoms with Gasteiger partial charge < -0.3 is 15.0 Å². The number of ether oxygens (including phenoxy) is 1. The van der Waals surface area contributed by atoms with Crippen LogP contribution in [0, 0.1) is 0 Å². The van der Waals surface area contributed by atoms with Gasteiger partial charge in [-0.1, -0.05) is 18.2 Å². The number of alkyl halides is 3. The van der Waals surface area contributed by atoms with Crippen molar-refractivity contribution < 1.29 is 22.7 Å². The summed E-state index contributed by atoms with van der Waals surface area (Å²) in [6.45, 7) is -0.964. The van der Waals surface area contributed by atoms with Crippen LogP contribution in [-0.2, 0) is 16.0 Å². The fraction of sp³-hybridized carbons (Fsp3) is 0.438. The third-order valence-electron chi connectivity index (χ3n) is 3.35. The highest BCUT2D eigenvalue weighted by atomic mass is 19.4. The van der Waals surface area contributed by atoms with E-state index in [2.05, 4.69) is 15.0 Å². The Morgan fingerprint density at radius 2 is 2.04 bits per heavy atom. The lowest BCUT2D eigenvalue weighted by molar-refractivity contribution is -0.174. The van der Waals surface area contributed by atoms with E-state index in [9.17, 15) is 18.0 Å². The molecule has 1 aromatic carbocycles. The maximum absolute atomic E-state index is 11.8. The van der Waals surface area contributed by atoms with Crippen LogP contribution in [0.5, 0.6) is 0 Å². The average Bonchev–Trinajstić information content (AvgIpc) is 2.91. The summed E-state index contributed by atoms with van der Waals surface area (Å²) in [6, 6.07) is 7.85. The molecule has 0 spiro atoms. The molecule has 0 bridgehead atoms. The van der Waals surface area contributed by atoms with Gasteiger partial charge in [-0.25, -0.2) is 0 Å². The zero-order valence-corrected chi connectivity index (χ0v) is 12.6. The molecule has 0 aliphatic rings. The maximum Gasteiger partial charge on any atom is 0.411 e. The fourth-order valence-electron chi connectivity index (χ4n) is 2.26. The Bertz CT molecular complexity index is 638. The number of rotatable bonds is 8. The lowest BCUT2D eigenvalue weighted by Crippen LogP contribution is -2.26. The number of aryl methyl sites for hydroxylation is 1. The second kappa shape index (κ2) is 8.01. The van der Waals surface area contributed by atoms with Crippen molar-refractivity contribution in [3.63, 3.8) is 0 Å². The number of hydrogen-bond donors (Lipinski definition) is 2. The molecular weight excluding hydrogens is 309 g/mol. The van der Waals surface area contributed by atoms with Crippen molar-refractivity contribution in [2.45, 2.75) is 25.4 Å². The lowest BCUT2D eigenvalue weighted by atomic mass is 10.1. The van der Waals surface area contributed by atoms with Gasteiger partial charge >= 0.3 is 6.18 Å². The number of fused-ring (bicyclic) bond motifs is 1. The molecule has 0 unspecified atom stereocenters. The number of aromatic amines is 1. The van der Waals surface area contributed by atoms with E-state index >= 15 is 0 Å². The van der Waals surface area contributed by atoms with Crippen molar-refractivity contribution in [2.75, 3.05) is 19.8 Å². The summed E-state index contributed by atoms with van der Waals surface area (Å²) in [5.74, 6) is -0.119. The van der Waals surface area contributed by atoms with Gasteiger partial charge in [-0.3, -0.25) is 4.79 Å². The van der Waals surface area contributed by atoms with E-state index in [0.717, 1.165) is 16.5 Å². The molecule has 0 atom stereocenters. The Labute approximate surface area is 132 Å². The number of carbonyl (C=O) groups excluding carboxylic acids is 1. The molecule has 0 aliphatic carbocycles. The van der Waals surface area contributed by atoms with Gasteiger partial charge in [0.05, 0.1) is 0 Å². The number of amides is 1. The van der Waals surface area contributed by atoms with Crippen molar-refractivity contribution in [3.05, 3.63) is 36.0 Å². The highest BCUT2D eigenvalue weighted by Crippen LogP contribution is 2.18. The van der Waals surface area contributed by atoms with E-state index in [0.29, 0.717) is 25.8 Å². The lowest BCUT2D eigenvalue weighted by Gasteiger charge is -2.08. The summed E-state index contributed by atoms with van der Waals surface area (Å²) in [6.07, 6.45) is -1.11. The zero-order valence-electron chi connectivity index (χ0n) is 12.6. The van der Waals surface area contributed by atoms with Gasteiger partial charge in [0.1, 0.15) is 6.61 Å². The van der Waals surface area contributed by atoms with Gasteiger partial charge in [-0.05, 0) is 24.5 Å². The molecule has 7 heteroatoms. The van der Waals surface area contributed by atoms with Crippen molar-refractivity contribution in [1.82, 2.24) is 10.3 Å². The molecular formula is C16H19F3N2O2. The third kappa shape index (κ3) is 5.94. The van der Waals surface area contributed by atoms with Crippen LogP contribution in [-0.4, -0.2) is 36.8 Å². The number of halogens is 3. The first-order chi connectivity index (χ1) is 11.0. The molecule has 2 N–H and O–H groups in total. The SMILES string of the molecule is O=C(CCc1c[nH]c2ccccc12)NCCCOCC(F)(F)F. The molecule has 1 aromatic heterocycles. The molecule has 0 fully saturated rings. The largest absolute Gasteiger partial charge is 0.411 e. The van der Waals surface area contributed by atoms with Crippen LogP contribution in [0.1, 0.15) is 18.4 Å². The summed E-state index contributed by atoms with van der Waals surface area (Å²) in [4.78, 5) is 14.9. The van der Waals surface area contributed by atoms with Gasteiger partial charge in [0.2, 0.25) is 5.91 Å². The van der Waals surface area contributed by atoms with Crippen LogP contribution in [0.15, 0.2) is 30.5 Å². The van der Waals surface area contributed by atoms with E-state index in [1.165, 1.54) is 0 Å². The van der Waals surface area contributed by atoms with Crippen LogP contribution in [0.2, 0.25) is 0 Å². The zero-order chi connectivity index (χ0) is 16.7. The smallest absolute Gasteiger partial charge is 0.372 e. The Hall–Kier alpha value is -2.02. The summed E-state index contributed by atoms with van der Waals surface area (Å²) in [7, 11) is 0. The maximum atomic E-state index is 11.8. The van der Waals surface area contributed by atoms with Crippen molar-refractivity contribution in [3.8, 4) is 0 Å². The fourth-order valence-corrected chi connectivity index (χ4v) is 2.26. The number of nitrogens with one attached hydrogen (secondary N) is 2. The normalized spacial score (nSPS) is 11.8. The van der Waals surface area contributed by atoms with E-state index in [1.54, 1.807) is 0 Å². The molecule has 0 aliphatic heterocycles. The number of benzene rings is 1. The van der Waals surface area contributed by atoms with Crippen LogP contribution in [0.25, 0.3) is 10.9 Å². The second-order valence-corrected chi connectivity index (χ2v) is 5.23. The van der Waals surface area contributed by atoms with Crippen molar-refractivity contribution in [2.24, 2.45) is 0 Å².